The lowest BCUT2D eigenvalue weighted by Crippen LogP contribution is -2.03. The van der Waals surface area contributed by atoms with E-state index in [1.54, 1.807) is 12.1 Å². The van der Waals surface area contributed by atoms with E-state index in [1.165, 1.54) is 13.1 Å². The van der Waals surface area contributed by atoms with E-state index in [1.807, 2.05) is 0 Å². The molecule has 82 valence electrons. The molecule has 1 heterocycles. The molecule has 1 aromatic heterocycles. The van der Waals surface area contributed by atoms with E-state index < -0.39 is 5.82 Å². The van der Waals surface area contributed by atoms with Crippen molar-refractivity contribution in [2.24, 2.45) is 0 Å². The zero-order valence-electron chi connectivity index (χ0n) is 8.42. The Hall–Kier alpha value is -1.49. The number of Topliss-reactive ketones (excluding diaryl/α,β-unsaturated/α-hetero) is 1. The average Bonchev–Trinajstić information content (AvgIpc) is 2.22. The molecule has 0 unspecified atom stereocenters. The van der Waals surface area contributed by atoms with Crippen LogP contribution < -0.4 is 5.73 Å². The van der Waals surface area contributed by atoms with E-state index in [-0.39, 0.29) is 22.6 Å². The van der Waals surface area contributed by atoms with Crippen LogP contribution >= 0.6 is 15.9 Å². The predicted octanol–water partition coefficient (Wildman–Crippen LogP) is 2.92. The van der Waals surface area contributed by atoms with Crippen LogP contribution in [-0.4, -0.2) is 10.8 Å². The van der Waals surface area contributed by atoms with E-state index in [2.05, 4.69) is 20.9 Å². The van der Waals surface area contributed by atoms with Crippen LogP contribution in [0.5, 0.6) is 0 Å². The lowest BCUT2D eigenvalue weighted by atomic mass is 10.0. The summed E-state index contributed by atoms with van der Waals surface area (Å²) in [6, 6.07) is 3.20. The third kappa shape index (κ3) is 1.57. The van der Waals surface area contributed by atoms with Crippen LogP contribution in [0.1, 0.15) is 17.3 Å². The number of aromatic nitrogens is 1. The molecule has 2 N–H and O–H groups in total. The molecule has 0 spiro atoms. The number of fused-ring (bicyclic) bond motifs is 1. The number of carbonyl (C=O) groups is 1. The molecule has 0 amide bonds. The van der Waals surface area contributed by atoms with Gasteiger partial charge in [0.2, 0.25) is 0 Å². The summed E-state index contributed by atoms with van der Waals surface area (Å²) in [5.74, 6) is -0.536. The van der Waals surface area contributed by atoms with Gasteiger partial charge in [0.15, 0.2) is 5.78 Å². The van der Waals surface area contributed by atoms with Gasteiger partial charge in [-0.1, -0.05) is 6.07 Å². The topological polar surface area (TPSA) is 56.0 Å². The van der Waals surface area contributed by atoms with E-state index in [0.29, 0.717) is 9.86 Å². The van der Waals surface area contributed by atoms with Crippen LogP contribution in [0.3, 0.4) is 0 Å². The number of ketones is 1. The van der Waals surface area contributed by atoms with Gasteiger partial charge < -0.3 is 5.73 Å². The smallest absolute Gasteiger partial charge is 0.164 e. The summed E-state index contributed by atoms with van der Waals surface area (Å²) in [7, 11) is 0. The summed E-state index contributed by atoms with van der Waals surface area (Å²) in [5.41, 5.74) is 5.88. The van der Waals surface area contributed by atoms with Gasteiger partial charge in [-0.25, -0.2) is 9.37 Å². The van der Waals surface area contributed by atoms with Crippen molar-refractivity contribution in [1.82, 2.24) is 4.98 Å². The fourth-order valence-electron chi connectivity index (χ4n) is 1.62. The van der Waals surface area contributed by atoms with E-state index >= 15 is 0 Å². The summed E-state index contributed by atoms with van der Waals surface area (Å²) >= 11 is 3.08. The average molecular weight is 283 g/mol. The third-order valence-electron chi connectivity index (χ3n) is 2.34. The quantitative estimate of drug-likeness (QED) is 0.819. The van der Waals surface area contributed by atoms with Crippen molar-refractivity contribution in [3.8, 4) is 0 Å². The minimum absolute atomic E-state index is 0.127. The van der Waals surface area contributed by atoms with E-state index in [9.17, 15) is 9.18 Å². The van der Waals surface area contributed by atoms with Gasteiger partial charge in [0.1, 0.15) is 11.6 Å². The molecular formula is C11H8BrFN2O. The monoisotopic (exact) mass is 282 g/mol. The van der Waals surface area contributed by atoms with Gasteiger partial charge in [-0.2, -0.15) is 0 Å². The summed E-state index contributed by atoms with van der Waals surface area (Å²) in [4.78, 5) is 15.2. The van der Waals surface area contributed by atoms with Crippen molar-refractivity contribution >= 4 is 38.3 Å². The second-order valence-electron chi connectivity index (χ2n) is 3.40. The van der Waals surface area contributed by atoms with Crippen LogP contribution in [0, 0.1) is 5.82 Å². The molecule has 16 heavy (non-hydrogen) atoms. The van der Waals surface area contributed by atoms with Gasteiger partial charge in [-0.05, 0) is 28.9 Å². The molecule has 2 aromatic rings. The highest BCUT2D eigenvalue weighted by Gasteiger charge is 2.14. The summed E-state index contributed by atoms with van der Waals surface area (Å²) < 4.78 is 14.1. The highest BCUT2D eigenvalue weighted by molar-refractivity contribution is 9.10. The number of nitrogen functional groups attached to an aromatic ring is 1. The molecule has 0 radical (unpaired) electrons. The first-order valence-electron chi connectivity index (χ1n) is 4.55. The number of pyridine rings is 1. The molecule has 2 rings (SSSR count). The second kappa shape index (κ2) is 3.83. The number of halogens is 2. The van der Waals surface area contributed by atoms with Gasteiger partial charge in [0, 0.05) is 17.0 Å². The molecule has 3 nitrogen and oxygen atoms in total. The maximum absolute atomic E-state index is 13.7. The maximum atomic E-state index is 13.7. The zero-order chi connectivity index (χ0) is 11.9. The molecule has 0 aliphatic rings. The Bertz CT molecular complexity index is 598. The minimum Gasteiger partial charge on any atom is -0.383 e. The lowest BCUT2D eigenvalue weighted by molar-refractivity contribution is 0.102. The fourth-order valence-corrected chi connectivity index (χ4v) is 1.96. The third-order valence-corrected chi connectivity index (χ3v) is 2.96. The maximum Gasteiger partial charge on any atom is 0.164 e. The predicted molar refractivity (Wildman–Crippen MR) is 63.8 cm³/mol. The first-order valence-corrected chi connectivity index (χ1v) is 5.34. The molecule has 0 aliphatic heterocycles. The number of nitrogens with zero attached hydrogens (tertiary/aromatic N) is 1. The highest BCUT2D eigenvalue weighted by Crippen LogP contribution is 2.28. The zero-order valence-corrected chi connectivity index (χ0v) is 10.0. The van der Waals surface area contributed by atoms with Gasteiger partial charge >= 0.3 is 0 Å². The summed E-state index contributed by atoms with van der Waals surface area (Å²) in [6.07, 6.45) is 1.33. The second-order valence-corrected chi connectivity index (χ2v) is 4.25. The number of hydrogen-bond donors (Lipinski definition) is 1. The molecule has 0 fully saturated rings. The number of benzene rings is 1. The molecule has 5 heteroatoms. The van der Waals surface area contributed by atoms with Crippen molar-refractivity contribution in [2.75, 3.05) is 5.73 Å². The Morgan fingerprint density at radius 2 is 2.12 bits per heavy atom. The highest BCUT2D eigenvalue weighted by atomic mass is 79.9. The SMILES string of the molecule is CC(=O)c1c(N)ncc2c(F)c(Br)ccc12. The number of anilines is 1. The molecular weight excluding hydrogens is 275 g/mol. The summed E-state index contributed by atoms with van der Waals surface area (Å²) in [5, 5.41) is 0.773. The van der Waals surface area contributed by atoms with Crippen molar-refractivity contribution in [1.29, 1.82) is 0 Å². The first kappa shape index (κ1) is 11.0. The lowest BCUT2D eigenvalue weighted by Gasteiger charge is -2.07. The van der Waals surface area contributed by atoms with Crippen LogP contribution in [-0.2, 0) is 0 Å². The minimum atomic E-state index is -0.438. The summed E-state index contributed by atoms with van der Waals surface area (Å²) in [6.45, 7) is 1.38. The number of rotatable bonds is 1. The normalized spacial score (nSPS) is 10.7. The number of hydrogen-bond acceptors (Lipinski definition) is 3. The number of carbonyl (C=O) groups excluding carboxylic acids is 1. The van der Waals surface area contributed by atoms with Gasteiger partial charge in [-0.15, -0.1) is 0 Å². The molecule has 0 aliphatic carbocycles. The Morgan fingerprint density at radius 3 is 2.75 bits per heavy atom. The van der Waals surface area contributed by atoms with Gasteiger partial charge in [0.25, 0.3) is 0 Å². The van der Waals surface area contributed by atoms with Gasteiger partial charge in [-0.3, -0.25) is 4.79 Å². The van der Waals surface area contributed by atoms with Gasteiger partial charge in [0.05, 0.1) is 10.0 Å². The Kier molecular flexibility index (Phi) is 2.63. The van der Waals surface area contributed by atoms with Crippen LogP contribution in [0.25, 0.3) is 10.8 Å². The fraction of sp³-hybridized carbons (Fsp3) is 0.0909. The van der Waals surface area contributed by atoms with Crippen molar-refractivity contribution in [3.63, 3.8) is 0 Å². The Morgan fingerprint density at radius 1 is 1.44 bits per heavy atom. The van der Waals surface area contributed by atoms with Crippen LogP contribution in [0.15, 0.2) is 22.8 Å². The first-order chi connectivity index (χ1) is 7.52. The molecule has 1 aromatic carbocycles. The molecule has 0 saturated carbocycles. The molecule has 0 atom stereocenters. The Balaban J connectivity index is 2.95. The number of nitrogens with two attached hydrogens (primary N) is 1. The van der Waals surface area contributed by atoms with Crippen molar-refractivity contribution < 1.29 is 9.18 Å². The largest absolute Gasteiger partial charge is 0.383 e. The van der Waals surface area contributed by atoms with E-state index in [4.69, 9.17) is 5.73 Å². The van der Waals surface area contributed by atoms with Crippen molar-refractivity contribution in [2.45, 2.75) is 6.92 Å². The van der Waals surface area contributed by atoms with E-state index in [0.717, 1.165) is 0 Å². The molecule has 0 saturated heterocycles. The van der Waals surface area contributed by atoms with Crippen LogP contribution in [0.2, 0.25) is 0 Å². The van der Waals surface area contributed by atoms with Crippen LogP contribution in [0.4, 0.5) is 10.2 Å². The Labute approximate surface area is 99.6 Å². The standard InChI is InChI=1S/C11H8BrFN2O/c1-5(16)9-6-2-3-8(12)10(13)7(6)4-15-11(9)14/h2-4H,1H3,(H2,14,15). The van der Waals surface area contributed by atoms with Crippen molar-refractivity contribution in [3.05, 3.63) is 34.2 Å². The molecule has 0 bridgehead atoms.